The molecule has 3 aliphatic rings. The van der Waals surface area contributed by atoms with Gasteiger partial charge in [0.05, 0.1) is 16.8 Å². The minimum Gasteiger partial charge on any atom is -0.457 e. The Balaban J connectivity index is 1.50. The highest BCUT2D eigenvalue weighted by Crippen LogP contribution is 2.62. The van der Waals surface area contributed by atoms with E-state index in [0.29, 0.717) is 6.54 Å². The number of hydrogen-bond donors (Lipinski definition) is 0. The molecule has 5 aromatic rings. The van der Waals surface area contributed by atoms with E-state index in [0.717, 1.165) is 50.8 Å². The molecule has 8 rings (SSSR count). The van der Waals surface area contributed by atoms with Crippen molar-refractivity contribution < 1.29 is 9.53 Å². The molecular formula is C36H28N2O2. The van der Waals surface area contributed by atoms with Crippen molar-refractivity contribution >= 4 is 23.0 Å². The summed E-state index contributed by atoms with van der Waals surface area (Å²) in [5.41, 5.74) is 11.8. The number of para-hydroxylation sites is 2. The molecule has 3 aliphatic heterocycles. The summed E-state index contributed by atoms with van der Waals surface area (Å²) in [5.74, 6) is 1.85. The predicted molar refractivity (Wildman–Crippen MR) is 158 cm³/mol. The highest BCUT2D eigenvalue weighted by molar-refractivity contribution is 5.99. The lowest BCUT2D eigenvalue weighted by atomic mass is 9.61. The first-order valence-corrected chi connectivity index (χ1v) is 13.7. The van der Waals surface area contributed by atoms with Gasteiger partial charge in [-0.3, -0.25) is 4.79 Å². The summed E-state index contributed by atoms with van der Waals surface area (Å²) in [6, 6.07) is 36.8. The van der Waals surface area contributed by atoms with Crippen LogP contribution in [0.2, 0.25) is 0 Å². The number of rotatable bonds is 1. The highest BCUT2D eigenvalue weighted by Gasteiger charge is 2.51. The number of hydrogen-bond acceptors (Lipinski definition) is 3. The monoisotopic (exact) mass is 520 g/mol. The molecule has 0 N–H and O–H groups in total. The van der Waals surface area contributed by atoms with E-state index in [1.54, 1.807) is 4.90 Å². The van der Waals surface area contributed by atoms with Crippen molar-refractivity contribution in [2.75, 3.05) is 11.9 Å². The Morgan fingerprint density at radius 1 is 0.675 bits per heavy atom. The molecule has 40 heavy (non-hydrogen) atoms. The molecule has 4 nitrogen and oxygen atoms in total. The van der Waals surface area contributed by atoms with Crippen molar-refractivity contribution in [3.8, 4) is 11.5 Å². The van der Waals surface area contributed by atoms with Gasteiger partial charge in [0, 0.05) is 36.0 Å². The summed E-state index contributed by atoms with van der Waals surface area (Å²) in [5, 5.41) is 0. The number of anilines is 3. The van der Waals surface area contributed by atoms with Crippen LogP contribution in [0.15, 0.2) is 103 Å². The molecule has 0 atom stereocenters. The first-order chi connectivity index (χ1) is 19.5. The molecule has 1 amide bonds. The zero-order valence-electron chi connectivity index (χ0n) is 22.7. The Labute approximate surface area is 234 Å². The third kappa shape index (κ3) is 2.93. The first-order valence-electron chi connectivity index (χ1n) is 13.7. The van der Waals surface area contributed by atoms with Crippen LogP contribution < -0.4 is 9.64 Å². The average Bonchev–Trinajstić information content (AvgIpc) is 3.25. The van der Waals surface area contributed by atoms with Gasteiger partial charge >= 0.3 is 0 Å². The Morgan fingerprint density at radius 2 is 1.25 bits per heavy atom. The zero-order chi connectivity index (χ0) is 27.2. The van der Waals surface area contributed by atoms with E-state index in [4.69, 9.17) is 4.74 Å². The summed E-state index contributed by atoms with van der Waals surface area (Å²) in [4.78, 5) is 16.8. The summed E-state index contributed by atoms with van der Waals surface area (Å²) >= 11 is 0. The van der Waals surface area contributed by atoms with Crippen molar-refractivity contribution in [3.05, 3.63) is 148 Å². The molecule has 3 heterocycles. The van der Waals surface area contributed by atoms with E-state index < -0.39 is 5.41 Å². The van der Waals surface area contributed by atoms with Gasteiger partial charge in [-0.2, -0.15) is 0 Å². The van der Waals surface area contributed by atoms with Crippen molar-refractivity contribution in [3.63, 3.8) is 0 Å². The van der Waals surface area contributed by atoms with Crippen molar-refractivity contribution in [1.82, 2.24) is 4.90 Å². The molecule has 0 saturated heterocycles. The van der Waals surface area contributed by atoms with Gasteiger partial charge in [0.15, 0.2) is 0 Å². The van der Waals surface area contributed by atoms with Crippen LogP contribution in [-0.4, -0.2) is 17.9 Å². The number of fused-ring (bicyclic) bond motifs is 9. The second-order valence-corrected chi connectivity index (χ2v) is 11.2. The molecule has 0 radical (unpaired) electrons. The Morgan fingerprint density at radius 3 is 1.85 bits per heavy atom. The van der Waals surface area contributed by atoms with Crippen molar-refractivity contribution in [2.24, 2.45) is 0 Å². The van der Waals surface area contributed by atoms with Gasteiger partial charge in [0.25, 0.3) is 5.91 Å². The summed E-state index contributed by atoms with van der Waals surface area (Å²) in [6.07, 6.45) is 0. The summed E-state index contributed by atoms with van der Waals surface area (Å²) in [6.45, 7) is 4.95. The third-order valence-electron chi connectivity index (χ3n) is 8.73. The van der Waals surface area contributed by atoms with E-state index in [1.165, 1.54) is 22.3 Å². The number of amides is 1. The number of ether oxygens (including phenoxy) is 1. The van der Waals surface area contributed by atoms with Crippen LogP contribution in [0, 0.1) is 13.8 Å². The van der Waals surface area contributed by atoms with Crippen LogP contribution in [0.3, 0.4) is 0 Å². The molecule has 0 saturated carbocycles. The molecule has 5 aromatic carbocycles. The number of nitrogens with zero attached hydrogens (tertiary/aromatic N) is 2. The largest absolute Gasteiger partial charge is 0.457 e. The zero-order valence-corrected chi connectivity index (χ0v) is 22.7. The SMILES string of the molecule is Cc1ccc2c(c1)C1(c3ccccc3Oc3ccccc31)c1cc(C)ccc1N2c1ccc2c(c1)CN(C)C2=O. The van der Waals surface area contributed by atoms with Crippen LogP contribution in [0.5, 0.6) is 11.5 Å². The second kappa shape index (κ2) is 8.09. The standard InChI is InChI=1S/C36H28N2O2/c1-22-12-16-31-29(18-22)36(27-8-4-6-10-33(27)40-34-11-7-5-9-28(34)36)30-19-23(2)13-17-32(30)38(31)25-14-15-26-24(20-25)21-37(3)35(26)39/h4-20H,21H2,1-3H3. The fraction of sp³-hybridized carbons (Fsp3) is 0.139. The Hall–Kier alpha value is -4.83. The number of carbonyl (C=O) groups is 1. The van der Waals surface area contributed by atoms with E-state index in [1.807, 2.05) is 25.2 Å². The second-order valence-electron chi connectivity index (χ2n) is 11.2. The van der Waals surface area contributed by atoms with Gasteiger partial charge in [0.1, 0.15) is 11.5 Å². The molecule has 0 fully saturated rings. The van der Waals surface area contributed by atoms with Crippen LogP contribution in [0.4, 0.5) is 17.1 Å². The molecule has 0 aromatic heterocycles. The first kappa shape index (κ1) is 23.1. The number of benzene rings is 5. The molecule has 0 unspecified atom stereocenters. The normalized spacial score (nSPS) is 15.6. The maximum Gasteiger partial charge on any atom is 0.254 e. The van der Waals surface area contributed by atoms with E-state index in [2.05, 4.69) is 104 Å². The molecule has 1 spiro atoms. The minimum absolute atomic E-state index is 0.0848. The smallest absolute Gasteiger partial charge is 0.254 e. The fourth-order valence-corrected chi connectivity index (χ4v) is 7.01. The quantitative estimate of drug-likeness (QED) is 0.219. The molecular weight excluding hydrogens is 492 g/mol. The molecule has 194 valence electrons. The van der Waals surface area contributed by atoms with Gasteiger partial charge < -0.3 is 14.5 Å². The maximum absolute atomic E-state index is 12.7. The fourth-order valence-electron chi connectivity index (χ4n) is 7.01. The molecule has 0 aliphatic carbocycles. The lowest BCUT2D eigenvalue weighted by Crippen LogP contribution is -2.40. The Kier molecular flexibility index (Phi) is 4.67. The lowest BCUT2D eigenvalue weighted by molar-refractivity contribution is 0.0816. The van der Waals surface area contributed by atoms with Crippen LogP contribution >= 0.6 is 0 Å². The average molecular weight is 521 g/mol. The predicted octanol–water partition coefficient (Wildman–Crippen LogP) is 8.16. The molecule has 4 heteroatoms. The van der Waals surface area contributed by atoms with Crippen molar-refractivity contribution in [1.29, 1.82) is 0 Å². The minimum atomic E-state index is -0.558. The van der Waals surface area contributed by atoms with Gasteiger partial charge in [-0.1, -0.05) is 71.8 Å². The van der Waals surface area contributed by atoms with Gasteiger partial charge in [-0.05, 0) is 73.0 Å². The summed E-state index contributed by atoms with van der Waals surface area (Å²) in [7, 11) is 1.86. The van der Waals surface area contributed by atoms with Crippen LogP contribution in [0.1, 0.15) is 49.3 Å². The number of carbonyl (C=O) groups excluding carboxylic acids is 1. The van der Waals surface area contributed by atoms with Gasteiger partial charge in [-0.15, -0.1) is 0 Å². The number of aryl methyl sites for hydroxylation is 2. The highest BCUT2D eigenvalue weighted by atomic mass is 16.5. The third-order valence-corrected chi connectivity index (χ3v) is 8.73. The van der Waals surface area contributed by atoms with E-state index >= 15 is 0 Å². The van der Waals surface area contributed by atoms with E-state index in [9.17, 15) is 4.79 Å². The maximum atomic E-state index is 12.7. The van der Waals surface area contributed by atoms with Crippen LogP contribution in [-0.2, 0) is 12.0 Å². The van der Waals surface area contributed by atoms with Gasteiger partial charge in [-0.25, -0.2) is 0 Å². The lowest BCUT2D eigenvalue weighted by Gasteiger charge is -2.49. The Bertz CT molecular complexity index is 1790. The topological polar surface area (TPSA) is 32.8 Å². The van der Waals surface area contributed by atoms with E-state index in [-0.39, 0.29) is 5.91 Å². The summed E-state index contributed by atoms with van der Waals surface area (Å²) < 4.78 is 6.53. The van der Waals surface area contributed by atoms with Crippen LogP contribution in [0.25, 0.3) is 0 Å². The van der Waals surface area contributed by atoms with Crippen molar-refractivity contribution in [2.45, 2.75) is 25.8 Å². The van der Waals surface area contributed by atoms with Gasteiger partial charge in [0.2, 0.25) is 0 Å². The molecule has 0 bridgehead atoms.